The number of rotatable bonds is 2. The van der Waals surface area contributed by atoms with Gasteiger partial charge in [0.05, 0.1) is 17.6 Å². The van der Waals surface area contributed by atoms with Gasteiger partial charge in [0.15, 0.2) is 0 Å². The second-order valence-corrected chi connectivity index (χ2v) is 4.54. The van der Waals surface area contributed by atoms with Gasteiger partial charge in [-0.15, -0.1) is 0 Å². The molecule has 0 saturated carbocycles. The fourth-order valence-corrected chi connectivity index (χ4v) is 2.04. The Labute approximate surface area is 105 Å². The van der Waals surface area contributed by atoms with Gasteiger partial charge in [-0.25, -0.2) is 4.98 Å². The summed E-state index contributed by atoms with van der Waals surface area (Å²) in [5.41, 5.74) is 0.452. The standard InChI is InChI=1S/C10H9BrClN3O/c1-13-5-15-9(16)7-3-2-6(11)4-8(7)14-10(15)12/h2-4,13H,5H2,1H3. The molecule has 0 aliphatic heterocycles. The number of nitrogens with zero attached hydrogens (tertiary/aromatic N) is 2. The molecule has 1 N–H and O–H groups in total. The summed E-state index contributed by atoms with van der Waals surface area (Å²) in [6.07, 6.45) is 0. The summed E-state index contributed by atoms with van der Waals surface area (Å²) in [7, 11) is 1.74. The Kier molecular flexibility index (Phi) is 3.28. The fraction of sp³-hybridized carbons (Fsp3) is 0.200. The van der Waals surface area contributed by atoms with Gasteiger partial charge in [-0.05, 0) is 36.8 Å². The topological polar surface area (TPSA) is 46.9 Å². The van der Waals surface area contributed by atoms with E-state index in [0.717, 1.165) is 4.47 Å². The largest absolute Gasteiger partial charge is 0.302 e. The number of halogens is 2. The Balaban J connectivity index is 2.78. The van der Waals surface area contributed by atoms with Crippen LogP contribution in [0, 0.1) is 0 Å². The minimum absolute atomic E-state index is 0.142. The monoisotopic (exact) mass is 301 g/mol. The highest BCUT2D eigenvalue weighted by Crippen LogP contribution is 2.17. The Hall–Kier alpha value is -0.910. The Morgan fingerprint density at radius 3 is 3.00 bits per heavy atom. The first-order chi connectivity index (χ1) is 7.63. The molecule has 0 atom stereocenters. The van der Waals surface area contributed by atoms with Crippen molar-refractivity contribution in [3.8, 4) is 0 Å². The van der Waals surface area contributed by atoms with E-state index in [1.807, 2.05) is 6.07 Å². The van der Waals surface area contributed by atoms with Crippen molar-refractivity contribution < 1.29 is 0 Å². The first kappa shape index (κ1) is 11.6. The molecule has 1 aromatic heterocycles. The smallest absolute Gasteiger partial charge is 0.263 e. The molecular weight excluding hydrogens is 293 g/mol. The number of hydrogen-bond donors (Lipinski definition) is 1. The predicted molar refractivity (Wildman–Crippen MR) is 67.8 cm³/mol. The van der Waals surface area contributed by atoms with Gasteiger partial charge >= 0.3 is 0 Å². The van der Waals surface area contributed by atoms with Crippen molar-refractivity contribution in [2.45, 2.75) is 6.67 Å². The van der Waals surface area contributed by atoms with E-state index in [2.05, 4.69) is 26.2 Å². The Bertz CT molecular complexity index is 596. The number of hydrogen-bond acceptors (Lipinski definition) is 3. The molecule has 1 aromatic carbocycles. The molecule has 1 heterocycles. The number of nitrogens with one attached hydrogen (secondary N) is 1. The maximum absolute atomic E-state index is 12.0. The summed E-state index contributed by atoms with van der Waals surface area (Å²) >= 11 is 9.26. The van der Waals surface area contributed by atoms with Gasteiger partial charge in [-0.1, -0.05) is 15.9 Å². The molecule has 6 heteroatoms. The molecule has 0 amide bonds. The molecule has 0 unspecified atom stereocenters. The van der Waals surface area contributed by atoms with E-state index in [9.17, 15) is 4.79 Å². The molecule has 0 spiro atoms. The molecule has 2 aromatic rings. The maximum atomic E-state index is 12.0. The van der Waals surface area contributed by atoms with E-state index in [1.54, 1.807) is 19.2 Å². The van der Waals surface area contributed by atoms with Gasteiger partial charge in [-0.3, -0.25) is 9.36 Å². The highest BCUT2D eigenvalue weighted by Gasteiger charge is 2.08. The van der Waals surface area contributed by atoms with Crippen LogP contribution in [0.1, 0.15) is 0 Å². The zero-order valence-electron chi connectivity index (χ0n) is 8.50. The van der Waals surface area contributed by atoms with Gasteiger partial charge in [0, 0.05) is 4.47 Å². The van der Waals surface area contributed by atoms with Crippen LogP contribution in [0.15, 0.2) is 27.5 Å². The van der Waals surface area contributed by atoms with Gasteiger partial charge in [-0.2, -0.15) is 0 Å². The predicted octanol–water partition coefficient (Wildman–Crippen LogP) is 1.99. The second kappa shape index (κ2) is 4.53. The van der Waals surface area contributed by atoms with Gasteiger partial charge < -0.3 is 5.32 Å². The van der Waals surface area contributed by atoms with E-state index in [-0.39, 0.29) is 10.8 Å². The number of benzene rings is 1. The van der Waals surface area contributed by atoms with Crippen LogP contribution in [-0.2, 0) is 6.67 Å². The van der Waals surface area contributed by atoms with Crippen LogP contribution in [0.5, 0.6) is 0 Å². The Morgan fingerprint density at radius 1 is 1.56 bits per heavy atom. The molecule has 84 valence electrons. The zero-order valence-corrected chi connectivity index (χ0v) is 10.8. The second-order valence-electron chi connectivity index (χ2n) is 3.29. The van der Waals surface area contributed by atoms with Crippen LogP contribution >= 0.6 is 27.5 Å². The maximum Gasteiger partial charge on any atom is 0.263 e. The summed E-state index contributed by atoms with van der Waals surface area (Å²) in [4.78, 5) is 16.2. The first-order valence-electron chi connectivity index (χ1n) is 4.63. The summed E-state index contributed by atoms with van der Waals surface area (Å²) in [6.45, 7) is 0.344. The summed E-state index contributed by atoms with van der Waals surface area (Å²) in [5.74, 6) is 0. The van der Waals surface area contributed by atoms with E-state index in [1.165, 1.54) is 4.57 Å². The molecule has 16 heavy (non-hydrogen) atoms. The molecule has 0 aliphatic rings. The minimum Gasteiger partial charge on any atom is -0.302 e. The molecular formula is C10H9BrClN3O. The van der Waals surface area contributed by atoms with Crippen LogP contribution in [0.3, 0.4) is 0 Å². The number of aromatic nitrogens is 2. The van der Waals surface area contributed by atoms with Crippen LogP contribution in [0.2, 0.25) is 5.28 Å². The third-order valence-electron chi connectivity index (χ3n) is 2.19. The van der Waals surface area contributed by atoms with Crippen molar-refractivity contribution in [3.63, 3.8) is 0 Å². The van der Waals surface area contributed by atoms with Crippen molar-refractivity contribution in [2.75, 3.05) is 7.05 Å². The van der Waals surface area contributed by atoms with Crippen LogP contribution in [-0.4, -0.2) is 16.6 Å². The lowest BCUT2D eigenvalue weighted by Gasteiger charge is -2.08. The lowest BCUT2D eigenvalue weighted by Crippen LogP contribution is -2.27. The summed E-state index contributed by atoms with van der Waals surface area (Å²) in [5, 5.41) is 3.61. The first-order valence-corrected chi connectivity index (χ1v) is 5.81. The third-order valence-corrected chi connectivity index (χ3v) is 2.97. The fourth-order valence-electron chi connectivity index (χ4n) is 1.46. The SMILES string of the molecule is CNCn1c(Cl)nc2cc(Br)ccc2c1=O. The molecule has 2 rings (SSSR count). The van der Waals surface area contributed by atoms with Crippen molar-refractivity contribution in [3.05, 3.63) is 38.3 Å². The lowest BCUT2D eigenvalue weighted by molar-refractivity contribution is 0.594. The molecule has 0 fully saturated rings. The Morgan fingerprint density at radius 2 is 2.31 bits per heavy atom. The molecule has 0 bridgehead atoms. The van der Waals surface area contributed by atoms with E-state index in [4.69, 9.17) is 11.6 Å². The number of fused-ring (bicyclic) bond motifs is 1. The van der Waals surface area contributed by atoms with Crippen LogP contribution in [0.25, 0.3) is 10.9 Å². The van der Waals surface area contributed by atoms with Gasteiger partial charge in [0.2, 0.25) is 5.28 Å². The van der Waals surface area contributed by atoms with E-state index < -0.39 is 0 Å². The van der Waals surface area contributed by atoms with Crippen LogP contribution < -0.4 is 10.9 Å². The highest BCUT2D eigenvalue weighted by molar-refractivity contribution is 9.10. The van der Waals surface area contributed by atoms with Gasteiger partial charge in [0.25, 0.3) is 5.56 Å². The van der Waals surface area contributed by atoms with Crippen molar-refractivity contribution in [1.29, 1.82) is 0 Å². The highest BCUT2D eigenvalue weighted by atomic mass is 79.9. The zero-order chi connectivity index (χ0) is 11.7. The van der Waals surface area contributed by atoms with Crippen LogP contribution in [0.4, 0.5) is 0 Å². The van der Waals surface area contributed by atoms with Crippen molar-refractivity contribution >= 4 is 38.4 Å². The van der Waals surface area contributed by atoms with E-state index in [0.29, 0.717) is 17.6 Å². The van der Waals surface area contributed by atoms with Gasteiger partial charge in [0.1, 0.15) is 0 Å². The molecule has 0 aliphatic carbocycles. The van der Waals surface area contributed by atoms with Crippen molar-refractivity contribution in [2.24, 2.45) is 0 Å². The average molecular weight is 303 g/mol. The van der Waals surface area contributed by atoms with Crippen molar-refractivity contribution in [1.82, 2.24) is 14.9 Å². The normalized spacial score (nSPS) is 10.9. The summed E-state index contributed by atoms with van der Waals surface area (Å²) in [6, 6.07) is 5.31. The lowest BCUT2D eigenvalue weighted by atomic mass is 10.2. The minimum atomic E-state index is -0.142. The molecule has 0 radical (unpaired) electrons. The summed E-state index contributed by atoms with van der Waals surface area (Å²) < 4.78 is 2.26. The molecule has 0 saturated heterocycles. The third kappa shape index (κ3) is 1.98. The average Bonchev–Trinajstić information content (AvgIpc) is 2.23. The molecule has 4 nitrogen and oxygen atoms in total. The van der Waals surface area contributed by atoms with E-state index >= 15 is 0 Å². The quantitative estimate of drug-likeness (QED) is 0.863.